The van der Waals surface area contributed by atoms with E-state index in [1.165, 1.54) is 89.0 Å². The number of benzene rings is 8. The third-order valence-electron chi connectivity index (χ3n) is 12.0. The molecule has 1 heterocycles. The van der Waals surface area contributed by atoms with Crippen molar-refractivity contribution in [2.24, 2.45) is 0 Å². The summed E-state index contributed by atoms with van der Waals surface area (Å²) < 4.78 is 2.46. The molecular formula is C57H45N. The summed E-state index contributed by atoms with van der Waals surface area (Å²) in [5, 5.41) is 1.32. The first-order valence-electron chi connectivity index (χ1n) is 20.6. The lowest BCUT2D eigenvalue weighted by atomic mass is 9.85. The third kappa shape index (κ3) is 7.12. The maximum absolute atomic E-state index is 2.46. The van der Waals surface area contributed by atoms with Gasteiger partial charge in [0, 0.05) is 28.2 Å². The van der Waals surface area contributed by atoms with E-state index in [9.17, 15) is 0 Å². The van der Waals surface area contributed by atoms with E-state index in [2.05, 4.69) is 223 Å². The SMILES string of the molecule is C1=Cc2c(n(-c3ccccc3)c3ccc(-c4cccc(-c5ccc(C(CCc6ccc(-c7ccccc7)cc6)c6ccc(-c7ccccc7)cc6)cc5)c4)cc23)CC1. The summed E-state index contributed by atoms with van der Waals surface area (Å²) in [6.45, 7) is 0. The van der Waals surface area contributed by atoms with Crippen molar-refractivity contribution in [3.63, 3.8) is 0 Å². The summed E-state index contributed by atoms with van der Waals surface area (Å²) in [7, 11) is 0. The Hall–Kier alpha value is -6.96. The van der Waals surface area contributed by atoms with Crippen LogP contribution in [-0.4, -0.2) is 4.57 Å². The summed E-state index contributed by atoms with van der Waals surface area (Å²) >= 11 is 0. The molecule has 1 aromatic heterocycles. The summed E-state index contributed by atoms with van der Waals surface area (Å²) in [5.74, 6) is 0.272. The Labute approximate surface area is 342 Å². The molecule has 0 fully saturated rings. The Morgan fingerprint density at radius 1 is 0.431 bits per heavy atom. The van der Waals surface area contributed by atoms with E-state index in [4.69, 9.17) is 0 Å². The molecule has 1 nitrogen and oxygen atoms in total. The highest BCUT2D eigenvalue weighted by atomic mass is 15.0. The lowest BCUT2D eigenvalue weighted by Crippen LogP contribution is -2.03. The number of fused-ring (bicyclic) bond motifs is 3. The fourth-order valence-electron chi connectivity index (χ4n) is 8.93. The van der Waals surface area contributed by atoms with Crippen LogP contribution in [0.5, 0.6) is 0 Å². The molecule has 8 aromatic carbocycles. The van der Waals surface area contributed by atoms with Gasteiger partial charge in [0.05, 0.1) is 5.52 Å². The van der Waals surface area contributed by atoms with Crippen molar-refractivity contribution in [2.45, 2.75) is 31.6 Å². The van der Waals surface area contributed by atoms with E-state index in [1.807, 2.05) is 0 Å². The summed E-state index contributed by atoms with van der Waals surface area (Å²) in [5.41, 5.74) is 19.3. The topological polar surface area (TPSA) is 4.93 Å². The van der Waals surface area contributed by atoms with Gasteiger partial charge in [0.15, 0.2) is 0 Å². The minimum Gasteiger partial charge on any atom is -0.313 e. The van der Waals surface area contributed by atoms with Gasteiger partial charge in [0.1, 0.15) is 0 Å². The molecule has 0 spiro atoms. The van der Waals surface area contributed by atoms with Crippen molar-refractivity contribution in [3.05, 3.63) is 240 Å². The van der Waals surface area contributed by atoms with Crippen LogP contribution < -0.4 is 0 Å². The zero-order valence-corrected chi connectivity index (χ0v) is 32.6. The van der Waals surface area contributed by atoms with Gasteiger partial charge in [-0.3, -0.25) is 0 Å². The number of hydrogen-bond donors (Lipinski definition) is 0. The zero-order chi connectivity index (χ0) is 38.7. The maximum Gasteiger partial charge on any atom is 0.0538 e. The molecule has 0 radical (unpaired) electrons. The number of aryl methyl sites for hydroxylation is 1. The third-order valence-corrected chi connectivity index (χ3v) is 12.0. The molecule has 0 aliphatic heterocycles. The first-order chi connectivity index (χ1) is 28.7. The monoisotopic (exact) mass is 743 g/mol. The second-order valence-corrected chi connectivity index (χ2v) is 15.5. The smallest absolute Gasteiger partial charge is 0.0538 e. The predicted octanol–water partition coefficient (Wildman–Crippen LogP) is 15.0. The molecule has 10 rings (SSSR count). The highest BCUT2D eigenvalue weighted by molar-refractivity contribution is 5.96. The van der Waals surface area contributed by atoms with Crippen LogP contribution in [-0.2, 0) is 12.8 Å². The maximum atomic E-state index is 2.46. The lowest BCUT2D eigenvalue weighted by Gasteiger charge is -2.20. The zero-order valence-electron chi connectivity index (χ0n) is 32.6. The Morgan fingerprint density at radius 3 is 1.53 bits per heavy atom. The van der Waals surface area contributed by atoms with E-state index in [1.54, 1.807) is 0 Å². The quantitative estimate of drug-likeness (QED) is 0.131. The Kier molecular flexibility index (Phi) is 9.71. The van der Waals surface area contributed by atoms with Crippen LogP contribution in [0.1, 0.15) is 46.7 Å². The predicted molar refractivity (Wildman–Crippen MR) is 245 cm³/mol. The minimum atomic E-state index is 0.272. The van der Waals surface area contributed by atoms with Crippen LogP contribution in [0.2, 0.25) is 0 Å². The van der Waals surface area contributed by atoms with Crippen LogP contribution in [0.3, 0.4) is 0 Å². The van der Waals surface area contributed by atoms with Crippen LogP contribution in [0, 0.1) is 0 Å². The first-order valence-corrected chi connectivity index (χ1v) is 20.6. The van der Waals surface area contributed by atoms with E-state index < -0.39 is 0 Å². The largest absolute Gasteiger partial charge is 0.313 e. The lowest BCUT2D eigenvalue weighted by molar-refractivity contribution is 0.715. The second-order valence-electron chi connectivity index (χ2n) is 15.5. The number of para-hydroxylation sites is 1. The van der Waals surface area contributed by atoms with Gasteiger partial charge in [-0.1, -0.05) is 188 Å². The molecule has 0 saturated heterocycles. The van der Waals surface area contributed by atoms with Crippen LogP contribution in [0.4, 0.5) is 0 Å². The normalized spacial score (nSPS) is 12.7. The van der Waals surface area contributed by atoms with Crippen LogP contribution >= 0.6 is 0 Å². The molecule has 1 aliphatic carbocycles. The summed E-state index contributed by atoms with van der Waals surface area (Å²) in [6.07, 6.45) is 8.81. The highest BCUT2D eigenvalue weighted by Crippen LogP contribution is 2.38. The fraction of sp³-hybridized carbons (Fsp3) is 0.0877. The van der Waals surface area contributed by atoms with Crippen molar-refractivity contribution in [1.29, 1.82) is 0 Å². The van der Waals surface area contributed by atoms with Crippen molar-refractivity contribution >= 4 is 17.0 Å². The van der Waals surface area contributed by atoms with Gasteiger partial charge in [-0.05, 0) is 117 Å². The summed E-state index contributed by atoms with van der Waals surface area (Å²) in [4.78, 5) is 0. The molecule has 9 aromatic rings. The number of nitrogens with zero attached hydrogens (tertiary/aromatic N) is 1. The number of hydrogen-bond acceptors (Lipinski definition) is 0. The molecule has 278 valence electrons. The average Bonchev–Trinajstić information content (AvgIpc) is 3.64. The molecule has 0 amide bonds. The molecule has 1 heteroatoms. The van der Waals surface area contributed by atoms with Gasteiger partial charge >= 0.3 is 0 Å². The van der Waals surface area contributed by atoms with Gasteiger partial charge in [-0.15, -0.1) is 0 Å². The Bertz CT molecular complexity index is 2830. The van der Waals surface area contributed by atoms with Crippen LogP contribution in [0.15, 0.2) is 212 Å². The van der Waals surface area contributed by atoms with Gasteiger partial charge in [-0.2, -0.15) is 0 Å². The number of aromatic nitrogens is 1. The van der Waals surface area contributed by atoms with Crippen LogP contribution in [0.25, 0.3) is 67.2 Å². The van der Waals surface area contributed by atoms with E-state index in [0.717, 1.165) is 25.7 Å². The van der Waals surface area contributed by atoms with Crippen molar-refractivity contribution in [2.75, 3.05) is 0 Å². The molecule has 58 heavy (non-hydrogen) atoms. The standard InChI is InChI=1S/C57H45N/c1-4-13-42(14-5-1)44-26-23-41(24-27-44)25-37-53(47-32-28-45(29-33-47)43-15-6-2-7-16-43)48-34-30-46(31-35-48)49-17-12-18-50(39-49)51-36-38-57-55(40-51)54-21-10-11-22-56(54)58(57)52-19-8-3-9-20-52/h1-10,12-21,23-24,26-36,38-40,53H,11,22,25,37H2. The molecule has 0 N–H and O–H groups in total. The van der Waals surface area contributed by atoms with Crippen molar-refractivity contribution in [3.8, 4) is 50.2 Å². The molecule has 1 atom stereocenters. The minimum absolute atomic E-state index is 0.272. The molecule has 0 saturated carbocycles. The summed E-state index contributed by atoms with van der Waals surface area (Å²) in [6, 6.07) is 75.9. The second kappa shape index (κ2) is 15.9. The van der Waals surface area contributed by atoms with Gasteiger partial charge in [0.2, 0.25) is 0 Å². The van der Waals surface area contributed by atoms with E-state index >= 15 is 0 Å². The first kappa shape index (κ1) is 35.5. The molecule has 1 unspecified atom stereocenters. The molecule has 1 aliphatic rings. The number of rotatable bonds is 10. The van der Waals surface area contributed by atoms with Crippen molar-refractivity contribution in [1.82, 2.24) is 4.57 Å². The molecular weight excluding hydrogens is 699 g/mol. The Balaban J connectivity index is 0.940. The van der Waals surface area contributed by atoms with Gasteiger partial charge in [-0.25, -0.2) is 0 Å². The average molecular weight is 744 g/mol. The van der Waals surface area contributed by atoms with E-state index in [-0.39, 0.29) is 5.92 Å². The fourth-order valence-corrected chi connectivity index (χ4v) is 8.93. The van der Waals surface area contributed by atoms with Gasteiger partial charge in [0.25, 0.3) is 0 Å². The Morgan fingerprint density at radius 2 is 0.914 bits per heavy atom. The number of allylic oxidation sites excluding steroid dienone is 1. The highest BCUT2D eigenvalue weighted by Gasteiger charge is 2.20. The van der Waals surface area contributed by atoms with Gasteiger partial charge < -0.3 is 4.57 Å². The van der Waals surface area contributed by atoms with E-state index in [0.29, 0.717) is 0 Å². The van der Waals surface area contributed by atoms with Crippen molar-refractivity contribution < 1.29 is 0 Å². The molecule has 0 bridgehead atoms.